The number of piperazine rings is 1. The van der Waals surface area contributed by atoms with Gasteiger partial charge in [-0.3, -0.25) is 9.78 Å². The Balaban J connectivity index is 1.39. The van der Waals surface area contributed by atoms with Crippen LogP contribution in [0.15, 0.2) is 60.9 Å². The van der Waals surface area contributed by atoms with Crippen molar-refractivity contribution < 1.29 is 9.18 Å². The molecule has 1 aliphatic rings. The van der Waals surface area contributed by atoms with Crippen LogP contribution in [0.1, 0.15) is 10.4 Å². The maximum atomic E-state index is 13.0. The number of nitrogens with zero attached hydrogens (tertiary/aromatic N) is 5. The first-order valence-electron chi connectivity index (χ1n) is 8.74. The van der Waals surface area contributed by atoms with E-state index < -0.39 is 0 Å². The molecule has 1 aliphatic heterocycles. The number of halogens is 1. The van der Waals surface area contributed by atoms with Crippen molar-refractivity contribution in [3.63, 3.8) is 0 Å². The number of carbonyl (C=O) groups is 1. The largest absolute Gasteiger partial charge is 0.352 e. The van der Waals surface area contributed by atoms with Crippen molar-refractivity contribution >= 4 is 11.7 Å². The Kier molecular flexibility index (Phi) is 4.74. The van der Waals surface area contributed by atoms with Gasteiger partial charge in [0.2, 0.25) is 0 Å². The average molecular weight is 363 g/mol. The van der Waals surface area contributed by atoms with Crippen molar-refractivity contribution in [2.45, 2.75) is 0 Å². The molecule has 0 spiro atoms. The highest BCUT2D eigenvalue weighted by Gasteiger charge is 2.23. The number of anilines is 1. The molecule has 1 saturated heterocycles. The van der Waals surface area contributed by atoms with Crippen LogP contribution in [0, 0.1) is 5.82 Å². The molecule has 0 N–H and O–H groups in total. The van der Waals surface area contributed by atoms with E-state index in [0.717, 1.165) is 17.1 Å². The van der Waals surface area contributed by atoms with Gasteiger partial charge in [-0.25, -0.2) is 4.39 Å². The standard InChI is InChI=1S/C20H18FN5O/c21-17-5-3-15(4-6-17)20(27)26-12-10-25(11-13-26)19-8-7-18(23-24-19)16-2-1-9-22-14-16/h1-9,14H,10-13H2. The van der Waals surface area contributed by atoms with Gasteiger partial charge in [0.05, 0.1) is 5.69 Å². The van der Waals surface area contributed by atoms with Gasteiger partial charge in [0, 0.05) is 49.7 Å². The minimum atomic E-state index is -0.343. The maximum absolute atomic E-state index is 13.0. The Hall–Kier alpha value is -3.35. The van der Waals surface area contributed by atoms with E-state index in [1.807, 2.05) is 24.3 Å². The molecule has 6 nitrogen and oxygen atoms in total. The molecule has 136 valence electrons. The van der Waals surface area contributed by atoms with E-state index in [1.165, 1.54) is 24.3 Å². The number of amides is 1. The molecule has 0 atom stereocenters. The normalized spacial score (nSPS) is 14.3. The molecular weight excluding hydrogens is 345 g/mol. The van der Waals surface area contributed by atoms with Crippen molar-refractivity contribution in [2.75, 3.05) is 31.1 Å². The zero-order valence-corrected chi connectivity index (χ0v) is 14.6. The van der Waals surface area contributed by atoms with Gasteiger partial charge in [0.25, 0.3) is 5.91 Å². The first kappa shape index (κ1) is 17.1. The molecule has 0 radical (unpaired) electrons. The minimum absolute atomic E-state index is 0.0762. The topological polar surface area (TPSA) is 62.2 Å². The SMILES string of the molecule is O=C(c1ccc(F)cc1)N1CCN(c2ccc(-c3cccnc3)nn2)CC1. The number of hydrogen-bond acceptors (Lipinski definition) is 5. The lowest BCUT2D eigenvalue weighted by Gasteiger charge is -2.35. The van der Waals surface area contributed by atoms with Crippen LogP contribution in [0.25, 0.3) is 11.3 Å². The quantitative estimate of drug-likeness (QED) is 0.716. The zero-order valence-electron chi connectivity index (χ0n) is 14.6. The zero-order chi connectivity index (χ0) is 18.6. The molecule has 1 fully saturated rings. The molecule has 2 aromatic heterocycles. The fourth-order valence-corrected chi connectivity index (χ4v) is 3.08. The molecule has 4 rings (SSSR count). The number of rotatable bonds is 3. The minimum Gasteiger partial charge on any atom is -0.352 e. The summed E-state index contributed by atoms with van der Waals surface area (Å²) in [6.45, 7) is 2.52. The molecule has 7 heteroatoms. The third-order valence-electron chi connectivity index (χ3n) is 4.59. The van der Waals surface area contributed by atoms with Gasteiger partial charge in [0.15, 0.2) is 5.82 Å². The first-order chi connectivity index (χ1) is 13.2. The molecule has 1 amide bonds. The van der Waals surface area contributed by atoms with Crippen LogP contribution in [-0.2, 0) is 0 Å². The van der Waals surface area contributed by atoms with Crippen LogP contribution in [0.3, 0.4) is 0 Å². The molecule has 3 heterocycles. The van der Waals surface area contributed by atoms with Crippen LogP contribution >= 0.6 is 0 Å². The Bertz CT molecular complexity index is 907. The van der Waals surface area contributed by atoms with E-state index in [9.17, 15) is 9.18 Å². The van der Waals surface area contributed by atoms with Gasteiger partial charge in [-0.15, -0.1) is 10.2 Å². The van der Waals surface area contributed by atoms with Gasteiger partial charge in [-0.05, 0) is 48.5 Å². The van der Waals surface area contributed by atoms with E-state index in [4.69, 9.17) is 0 Å². The summed E-state index contributed by atoms with van der Waals surface area (Å²) in [6, 6.07) is 13.3. The van der Waals surface area contributed by atoms with E-state index >= 15 is 0 Å². The number of pyridine rings is 1. The van der Waals surface area contributed by atoms with Crippen molar-refractivity contribution in [1.82, 2.24) is 20.1 Å². The molecule has 27 heavy (non-hydrogen) atoms. The predicted molar refractivity (Wildman–Crippen MR) is 99.8 cm³/mol. The predicted octanol–water partition coefficient (Wildman–Crippen LogP) is 2.64. The molecular formula is C20H18FN5O. The average Bonchev–Trinajstić information content (AvgIpc) is 2.75. The van der Waals surface area contributed by atoms with Gasteiger partial charge in [-0.1, -0.05) is 0 Å². The van der Waals surface area contributed by atoms with Crippen LogP contribution in [-0.4, -0.2) is 52.2 Å². The maximum Gasteiger partial charge on any atom is 0.253 e. The van der Waals surface area contributed by atoms with Gasteiger partial charge < -0.3 is 9.80 Å². The summed E-state index contributed by atoms with van der Waals surface area (Å²) in [5, 5.41) is 8.61. The molecule has 3 aromatic rings. The Labute approximate surface area is 156 Å². The number of benzene rings is 1. The highest BCUT2D eigenvalue weighted by Crippen LogP contribution is 2.19. The van der Waals surface area contributed by atoms with Crippen molar-refractivity contribution in [3.8, 4) is 11.3 Å². The van der Waals surface area contributed by atoms with Crippen molar-refractivity contribution in [1.29, 1.82) is 0 Å². The van der Waals surface area contributed by atoms with E-state index in [2.05, 4.69) is 20.1 Å². The van der Waals surface area contributed by atoms with E-state index in [-0.39, 0.29) is 11.7 Å². The molecule has 0 saturated carbocycles. The second-order valence-electron chi connectivity index (χ2n) is 6.30. The van der Waals surface area contributed by atoms with Crippen LogP contribution in [0.5, 0.6) is 0 Å². The third-order valence-corrected chi connectivity index (χ3v) is 4.59. The number of carbonyl (C=O) groups excluding carboxylic acids is 1. The summed E-state index contributed by atoms with van der Waals surface area (Å²) in [5.41, 5.74) is 2.20. The lowest BCUT2D eigenvalue weighted by molar-refractivity contribution is 0.0746. The number of aromatic nitrogens is 3. The van der Waals surface area contributed by atoms with Crippen molar-refractivity contribution in [3.05, 3.63) is 72.3 Å². The summed E-state index contributed by atoms with van der Waals surface area (Å²) >= 11 is 0. The lowest BCUT2D eigenvalue weighted by Crippen LogP contribution is -2.49. The van der Waals surface area contributed by atoms with Crippen molar-refractivity contribution in [2.24, 2.45) is 0 Å². The summed E-state index contributed by atoms with van der Waals surface area (Å²) in [7, 11) is 0. The van der Waals surface area contributed by atoms with Gasteiger partial charge >= 0.3 is 0 Å². The number of hydrogen-bond donors (Lipinski definition) is 0. The lowest BCUT2D eigenvalue weighted by atomic mass is 10.1. The second-order valence-corrected chi connectivity index (χ2v) is 6.30. The smallest absolute Gasteiger partial charge is 0.253 e. The van der Waals surface area contributed by atoms with Gasteiger partial charge in [0.1, 0.15) is 5.82 Å². The Morgan fingerprint density at radius 3 is 2.33 bits per heavy atom. The molecule has 0 aliphatic carbocycles. The van der Waals surface area contributed by atoms with Crippen LogP contribution in [0.4, 0.5) is 10.2 Å². The summed E-state index contributed by atoms with van der Waals surface area (Å²) in [6.07, 6.45) is 3.47. The fraction of sp³-hybridized carbons (Fsp3) is 0.200. The van der Waals surface area contributed by atoms with Crippen LogP contribution < -0.4 is 4.90 Å². The summed E-state index contributed by atoms with van der Waals surface area (Å²) in [5.74, 6) is 0.369. The Morgan fingerprint density at radius 1 is 0.926 bits per heavy atom. The highest BCUT2D eigenvalue weighted by molar-refractivity contribution is 5.94. The summed E-state index contributed by atoms with van der Waals surface area (Å²) in [4.78, 5) is 20.5. The van der Waals surface area contributed by atoms with Gasteiger partial charge in [-0.2, -0.15) is 0 Å². The third kappa shape index (κ3) is 3.76. The van der Waals surface area contributed by atoms with Crippen LogP contribution in [0.2, 0.25) is 0 Å². The fourth-order valence-electron chi connectivity index (χ4n) is 3.08. The molecule has 0 unspecified atom stereocenters. The molecule has 0 bridgehead atoms. The summed E-state index contributed by atoms with van der Waals surface area (Å²) < 4.78 is 13.0. The van der Waals surface area contributed by atoms with E-state index in [0.29, 0.717) is 31.7 Å². The monoisotopic (exact) mass is 363 g/mol. The first-order valence-corrected chi connectivity index (χ1v) is 8.74. The molecule has 1 aromatic carbocycles. The Morgan fingerprint density at radius 2 is 1.70 bits per heavy atom. The highest BCUT2D eigenvalue weighted by atomic mass is 19.1. The second kappa shape index (κ2) is 7.49. The van der Waals surface area contributed by atoms with E-state index in [1.54, 1.807) is 17.3 Å².